The van der Waals surface area contributed by atoms with Crippen LogP contribution in [0.15, 0.2) is 18.0 Å². The summed E-state index contributed by atoms with van der Waals surface area (Å²) in [5.74, 6) is 0.558. The number of halogens is 1. The first kappa shape index (κ1) is 12.9. The third kappa shape index (κ3) is 3.47. The van der Waals surface area contributed by atoms with Gasteiger partial charge in [0.15, 0.2) is 0 Å². The summed E-state index contributed by atoms with van der Waals surface area (Å²) in [6, 6.07) is 0. The van der Waals surface area contributed by atoms with E-state index in [0.29, 0.717) is 5.88 Å². The molecule has 1 N–H and O–H groups in total. The molecular formula is C11H16ClN3O. The summed E-state index contributed by atoms with van der Waals surface area (Å²) in [4.78, 5) is 8.38. The smallest absolute Gasteiger partial charge is 0.232 e. The normalized spacial score (nSPS) is 15.2. The van der Waals surface area contributed by atoms with Crippen LogP contribution in [-0.2, 0) is 0 Å². The van der Waals surface area contributed by atoms with Crippen molar-refractivity contribution in [1.82, 2.24) is 15.3 Å². The number of hydrogen-bond donors (Lipinski definition) is 1. The average molecular weight is 242 g/mol. The Morgan fingerprint density at radius 2 is 2.00 bits per heavy atom. The topological polar surface area (TPSA) is 47.0 Å². The Morgan fingerprint density at radius 1 is 1.25 bits per heavy atom. The minimum absolute atomic E-state index is 0. The number of ether oxygens (including phenoxy) is 1. The molecule has 2 heterocycles. The van der Waals surface area contributed by atoms with Crippen molar-refractivity contribution in [2.24, 2.45) is 0 Å². The summed E-state index contributed by atoms with van der Waals surface area (Å²) in [7, 11) is 1.59. The summed E-state index contributed by atoms with van der Waals surface area (Å²) < 4.78 is 4.95. The Bertz CT molecular complexity index is 343. The maximum absolute atomic E-state index is 4.95. The molecule has 1 aliphatic rings. The molecule has 1 saturated heterocycles. The van der Waals surface area contributed by atoms with Gasteiger partial charge in [0.2, 0.25) is 5.88 Å². The molecule has 1 aromatic rings. The minimum atomic E-state index is 0. The van der Waals surface area contributed by atoms with Crippen LogP contribution in [-0.4, -0.2) is 30.2 Å². The van der Waals surface area contributed by atoms with E-state index in [4.69, 9.17) is 4.74 Å². The van der Waals surface area contributed by atoms with Crippen molar-refractivity contribution in [3.63, 3.8) is 0 Å². The summed E-state index contributed by atoms with van der Waals surface area (Å²) in [6.07, 6.45) is 7.72. The third-order valence-electron chi connectivity index (χ3n) is 2.46. The molecule has 1 aliphatic heterocycles. The summed E-state index contributed by atoms with van der Waals surface area (Å²) in [5.41, 5.74) is 2.35. The first-order valence-corrected chi connectivity index (χ1v) is 5.14. The second kappa shape index (κ2) is 6.45. The highest BCUT2D eigenvalue weighted by Crippen LogP contribution is 2.14. The lowest BCUT2D eigenvalue weighted by Crippen LogP contribution is -2.22. The molecule has 2 rings (SSSR count). The van der Waals surface area contributed by atoms with Crippen LogP contribution < -0.4 is 10.1 Å². The fraction of sp³-hybridized carbons (Fsp3) is 0.455. The van der Waals surface area contributed by atoms with Gasteiger partial charge in [-0.25, -0.2) is 9.97 Å². The van der Waals surface area contributed by atoms with E-state index in [1.54, 1.807) is 19.5 Å². The van der Waals surface area contributed by atoms with Gasteiger partial charge in [-0.3, -0.25) is 0 Å². The average Bonchev–Trinajstić information content (AvgIpc) is 2.31. The Hall–Kier alpha value is -1.13. The van der Waals surface area contributed by atoms with E-state index in [1.807, 2.05) is 0 Å². The second-order valence-corrected chi connectivity index (χ2v) is 3.54. The van der Waals surface area contributed by atoms with Crippen LogP contribution in [0.25, 0.3) is 6.08 Å². The standard InChI is InChI=1S/C11H15N3O.ClH/c1-15-11-8-13-10(7-14-11)6-9-2-4-12-5-3-9;/h6-8,12H,2-5H2,1H3;1H. The molecule has 0 spiro atoms. The highest BCUT2D eigenvalue weighted by molar-refractivity contribution is 5.85. The third-order valence-corrected chi connectivity index (χ3v) is 2.46. The number of methoxy groups -OCH3 is 1. The van der Waals surface area contributed by atoms with Gasteiger partial charge in [0.25, 0.3) is 0 Å². The van der Waals surface area contributed by atoms with Crippen LogP contribution in [0.4, 0.5) is 0 Å². The second-order valence-electron chi connectivity index (χ2n) is 3.54. The number of nitrogens with zero attached hydrogens (tertiary/aromatic N) is 2. The molecule has 16 heavy (non-hydrogen) atoms. The number of nitrogens with one attached hydrogen (secondary N) is 1. The first-order valence-electron chi connectivity index (χ1n) is 5.14. The molecule has 0 saturated carbocycles. The number of hydrogen-bond acceptors (Lipinski definition) is 4. The van der Waals surface area contributed by atoms with E-state index < -0.39 is 0 Å². The van der Waals surface area contributed by atoms with Crippen LogP contribution in [0.2, 0.25) is 0 Å². The van der Waals surface area contributed by atoms with Gasteiger partial charge < -0.3 is 10.1 Å². The molecule has 1 fully saturated rings. The van der Waals surface area contributed by atoms with Crippen molar-refractivity contribution in [2.75, 3.05) is 20.2 Å². The Balaban J connectivity index is 0.00000128. The van der Waals surface area contributed by atoms with Crippen molar-refractivity contribution >= 4 is 18.5 Å². The zero-order valence-corrected chi connectivity index (χ0v) is 10.1. The quantitative estimate of drug-likeness (QED) is 0.856. The van der Waals surface area contributed by atoms with Crippen LogP contribution >= 0.6 is 12.4 Å². The maximum atomic E-state index is 4.95. The zero-order chi connectivity index (χ0) is 10.5. The molecule has 0 unspecified atom stereocenters. The largest absolute Gasteiger partial charge is 0.480 e. The minimum Gasteiger partial charge on any atom is -0.480 e. The van der Waals surface area contributed by atoms with Gasteiger partial charge in [0.05, 0.1) is 25.2 Å². The summed E-state index contributed by atoms with van der Waals surface area (Å²) in [5, 5.41) is 3.32. The van der Waals surface area contributed by atoms with Crippen molar-refractivity contribution in [2.45, 2.75) is 12.8 Å². The van der Waals surface area contributed by atoms with Crippen molar-refractivity contribution < 1.29 is 4.74 Å². The lowest BCUT2D eigenvalue weighted by Gasteiger charge is -2.14. The molecule has 0 aliphatic carbocycles. The van der Waals surface area contributed by atoms with Crippen LogP contribution in [0.1, 0.15) is 18.5 Å². The van der Waals surface area contributed by atoms with E-state index in [-0.39, 0.29) is 12.4 Å². The monoisotopic (exact) mass is 241 g/mol. The van der Waals surface area contributed by atoms with Gasteiger partial charge in [0, 0.05) is 0 Å². The molecule has 0 amide bonds. The van der Waals surface area contributed by atoms with Crippen molar-refractivity contribution in [3.8, 4) is 5.88 Å². The SMILES string of the molecule is COc1cnc(C=C2CCNCC2)cn1.Cl. The first-order chi connectivity index (χ1) is 7.38. The molecule has 0 bridgehead atoms. The van der Waals surface area contributed by atoms with Gasteiger partial charge in [0.1, 0.15) is 0 Å². The lowest BCUT2D eigenvalue weighted by atomic mass is 10.0. The molecule has 0 radical (unpaired) electrons. The van der Waals surface area contributed by atoms with Crippen molar-refractivity contribution in [3.05, 3.63) is 23.7 Å². The molecule has 0 atom stereocenters. The fourth-order valence-electron chi connectivity index (χ4n) is 1.61. The molecular weight excluding hydrogens is 226 g/mol. The van der Waals surface area contributed by atoms with Crippen LogP contribution in [0, 0.1) is 0 Å². The highest BCUT2D eigenvalue weighted by atomic mass is 35.5. The zero-order valence-electron chi connectivity index (χ0n) is 9.27. The summed E-state index contributed by atoms with van der Waals surface area (Å²) >= 11 is 0. The fourth-order valence-corrected chi connectivity index (χ4v) is 1.61. The molecule has 88 valence electrons. The molecule has 1 aromatic heterocycles. The molecule has 0 aromatic carbocycles. The Labute approximate surface area is 102 Å². The van der Waals surface area contributed by atoms with E-state index in [9.17, 15) is 0 Å². The Morgan fingerprint density at radius 3 is 2.56 bits per heavy atom. The van der Waals surface area contributed by atoms with Crippen LogP contribution in [0.3, 0.4) is 0 Å². The predicted molar refractivity (Wildman–Crippen MR) is 65.9 cm³/mol. The van der Waals surface area contributed by atoms with Gasteiger partial charge in [-0.2, -0.15) is 0 Å². The van der Waals surface area contributed by atoms with Gasteiger partial charge >= 0.3 is 0 Å². The molecule has 4 nitrogen and oxygen atoms in total. The Kier molecular flexibility index (Phi) is 5.22. The number of rotatable bonds is 2. The highest BCUT2D eigenvalue weighted by Gasteiger charge is 2.04. The van der Waals surface area contributed by atoms with E-state index in [0.717, 1.165) is 31.6 Å². The van der Waals surface area contributed by atoms with E-state index in [2.05, 4.69) is 21.4 Å². The maximum Gasteiger partial charge on any atom is 0.232 e. The van der Waals surface area contributed by atoms with E-state index in [1.165, 1.54) is 5.57 Å². The van der Waals surface area contributed by atoms with Crippen molar-refractivity contribution in [1.29, 1.82) is 0 Å². The van der Waals surface area contributed by atoms with Gasteiger partial charge in [-0.15, -0.1) is 12.4 Å². The number of piperidine rings is 1. The van der Waals surface area contributed by atoms with Gasteiger partial charge in [-0.1, -0.05) is 5.57 Å². The van der Waals surface area contributed by atoms with E-state index >= 15 is 0 Å². The molecule has 5 heteroatoms. The summed E-state index contributed by atoms with van der Waals surface area (Å²) in [6.45, 7) is 2.13. The number of aromatic nitrogens is 2. The lowest BCUT2D eigenvalue weighted by molar-refractivity contribution is 0.395. The van der Waals surface area contributed by atoms with Gasteiger partial charge in [-0.05, 0) is 32.0 Å². The predicted octanol–water partition coefficient (Wildman–Crippen LogP) is 1.67. The van der Waals surface area contributed by atoms with Crippen LogP contribution in [0.5, 0.6) is 5.88 Å².